The molecular weight excluding hydrogens is 696 g/mol. The number of phenolic OH excluding ortho intramolecular Hbond substituents is 1. The molecule has 0 amide bonds. The second kappa shape index (κ2) is 19.1. The van der Waals surface area contributed by atoms with E-state index in [1.807, 2.05) is 13.0 Å². The number of ketones is 1. The molecule has 3 N–H and O–H groups in total. The first kappa shape index (κ1) is 41.6. The smallest absolute Gasteiger partial charge is 0.507 e. The number of allylic oxidation sites excluding steroid dienone is 3. The molecule has 0 fully saturated rings. The summed E-state index contributed by atoms with van der Waals surface area (Å²) in [4.78, 5) is 36.0. The van der Waals surface area contributed by atoms with Crippen molar-refractivity contribution in [2.75, 3.05) is 6.61 Å². The third-order valence-corrected chi connectivity index (χ3v) is 8.98. The van der Waals surface area contributed by atoms with Crippen molar-refractivity contribution >= 4 is 34.5 Å². The molecule has 0 aliphatic carbocycles. The van der Waals surface area contributed by atoms with Gasteiger partial charge in [0.05, 0.1) is 34.5 Å². The molecule has 0 bridgehead atoms. The Bertz CT molecular complexity index is 1950. The Labute approximate surface area is 319 Å². The minimum atomic E-state index is -4.70. The summed E-state index contributed by atoms with van der Waals surface area (Å²) in [6, 6.07) is 13.3. The van der Waals surface area contributed by atoms with Crippen molar-refractivity contribution < 1.29 is 76.8 Å². The van der Waals surface area contributed by atoms with Gasteiger partial charge in [-0.25, -0.2) is 4.79 Å². The number of fused-ring (bicyclic) bond motifs is 1. The number of hydrogen-bond acceptors (Lipinski definition) is 8. The number of thioether (sulfide) groups is 1. The van der Waals surface area contributed by atoms with Crippen molar-refractivity contribution in [3.05, 3.63) is 123 Å². The predicted octanol–water partition coefficient (Wildman–Crippen LogP) is 5.93. The van der Waals surface area contributed by atoms with Gasteiger partial charge in [-0.15, -0.1) is 11.8 Å². The maximum Gasteiger partial charge on any atom is 1.00 e. The first-order valence-corrected chi connectivity index (χ1v) is 16.8. The van der Waals surface area contributed by atoms with Gasteiger partial charge in [-0.05, 0) is 74.6 Å². The third kappa shape index (κ3) is 11.1. The Kier molecular flexibility index (Phi) is 15.6. The molecular formula is C38H37F3NaO8S+. The molecule has 1 aromatic heterocycles. The number of aromatic hydroxyl groups is 1. The topological polar surface area (TPSA) is 134 Å². The van der Waals surface area contributed by atoms with E-state index in [1.54, 1.807) is 36.4 Å². The molecule has 0 radical (unpaired) electrons. The number of phenols is 1. The third-order valence-electron chi connectivity index (χ3n) is 7.77. The van der Waals surface area contributed by atoms with Crippen LogP contribution in [0.2, 0.25) is 0 Å². The summed E-state index contributed by atoms with van der Waals surface area (Å²) in [5.74, 6) is -1.71. The van der Waals surface area contributed by atoms with E-state index >= 15 is 0 Å². The summed E-state index contributed by atoms with van der Waals surface area (Å²) >= 11 is 1.03. The van der Waals surface area contributed by atoms with Gasteiger partial charge in [0.25, 0.3) is 0 Å². The summed E-state index contributed by atoms with van der Waals surface area (Å²) in [5.41, 5.74) is -0.975. The normalized spacial score (nSPS) is 13.0. The molecule has 0 aliphatic heterocycles. The summed E-state index contributed by atoms with van der Waals surface area (Å²) in [6.45, 7) is 3.76. The number of carbonyl (C=O) groups is 2. The van der Waals surface area contributed by atoms with Gasteiger partial charge in [0.1, 0.15) is 17.1 Å². The summed E-state index contributed by atoms with van der Waals surface area (Å²) in [7, 11) is 0. The molecule has 0 aliphatic rings. The van der Waals surface area contributed by atoms with Crippen LogP contribution < -0.4 is 39.7 Å². The number of halogens is 3. The second-order valence-electron chi connectivity index (χ2n) is 11.5. The van der Waals surface area contributed by atoms with Gasteiger partial charge in [0.2, 0.25) is 5.76 Å². The van der Waals surface area contributed by atoms with Gasteiger partial charge < -0.3 is 24.5 Å². The van der Waals surface area contributed by atoms with Crippen LogP contribution in [0.3, 0.4) is 0 Å². The quantitative estimate of drug-likeness (QED) is 0.0421. The summed E-state index contributed by atoms with van der Waals surface area (Å²) < 4.78 is 52.8. The van der Waals surface area contributed by atoms with Crippen molar-refractivity contribution in [2.24, 2.45) is 0 Å². The average molecular weight is 734 g/mol. The molecule has 0 spiro atoms. The van der Waals surface area contributed by atoms with E-state index in [0.29, 0.717) is 42.1 Å². The maximum absolute atomic E-state index is 13.8. The first-order chi connectivity index (χ1) is 23.8. The zero-order chi connectivity index (χ0) is 36.4. The van der Waals surface area contributed by atoms with Gasteiger partial charge in [0, 0.05) is 16.5 Å². The fourth-order valence-corrected chi connectivity index (χ4v) is 6.37. The van der Waals surface area contributed by atoms with E-state index in [2.05, 4.69) is 0 Å². The largest absolute Gasteiger partial charge is 1.00 e. The molecule has 264 valence electrons. The molecule has 8 nitrogen and oxygen atoms in total. The van der Waals surface area contributed by atoms with E-state index < -0.39 is 40.3 Å². The Balaban J connectivity index is 0.00000702. The number of unbranched alkanes of at least 4 members (excludes halogenated alkanes) is 2. The fraction of sp³-hybridized carbons (Fsp3) is 0.289. The van der Waals surface area contributed by atoms with Crippen LogP contribution >= 0.6 is 11.8 Å². The molecule has 1 heterocycles. The molecule has 4 rings (SSSR count). The van der Waals surface area contributed by atoms with Crippen molar-refractivity contribution in [3.63, 3.8) is 0 Å². The molecule has 51 heavy (non-hydrogen) atoms. The number of benzene rings is 3. The number of alkyl halides is 3. The predicted molar refractivity (Wildman–Crippen MR) is 185 cm³/mol. The number of aliphatic hydroxyl groups excluding tert-OH is 1. The number of ether oxygens (including phenoxy) is 1. The van der Waals surface area contributed by atoms with E-state index in [4.69, 9.17) is 9.15 Å². The molecule has 2 atom stereocenters. The van der Waals surface area contributed by atoms with Crippen molar-refractivity contribution in [3.8, 4) is 11.5 Å². The van der Waals surface area contributed by atoms with Gasteiger partial charge in [0.15, 0.2) is 11.2 Å². The summed E-state index contributed by atoms with van der Waals surface area (Å²) in [5, 5.41) is 30.3. The van der Waals surface area contributed by atoms with Crippen LogP contribution in [0.4, 0.5) is 13.2 Å². The number of aromatic carboxylic acids is 1. The van der Waals surface area contributed by atoms with Gasteiger partial charge in [-0.1, -0.05) is 55.8 Å². The van der Waals surface area contributed by atoms with E-state index in [9.17, 15) is 42.9 Å². The van der Waals surface area contributed by atoms with Crippen LogP contribution in [0.1, 0.15) is 83.2 Å². The minimum absolute atomic E-state index is 0. The molecule has 3 aromatic carbocycles. The zero-order valence-corrected chi connectivity index (χ0v) is 31.2. The van der Waals surface area contributed by atoms with E-state index in [0.717, 1.165) is 36.7 Å². The average Bonchev–Trinajstić information content (AvgIpc) is 3.07. The number of aliphatic hydroxyl groups is 1. The van der Waals surface area contributed by atoms with Crippen LogP contribution in [-0.2, 0) is 12.6 Å². The SMILES string of the molecule is CCCc1c(OCCCC/C=C\C=C\[C@H](Sc2ccc3c(=O)cc(C(=O)O)oc3c2)[C@H](O)c2ccccc2C(F)(F)F)ccc(C(C)=O)c1O.[Na+]. The standard InChI is InChI=1S/C38H37F3O8S.Na/c1-3-12-28-31(19-18-25(23(2)42)35(28)44)48-20-11-7-5-4-6-8-15-34(36(45)26-13-9-10-14-29(26)38(39,40)41)50-24-16-17-27-30(43)22-33(37(46)47)49-32(27)21-24;/h4,6,8-10,13-19,21-22,34,36,44-45H,3,5,7,11-12,20H2,1-2H3,(H,46,47);/q;+1/b6-4-,15-8+;/t34-,36+;/m0./s1. The number of Topliss-reactive ketones (excluding diaryl/α,β-unsaturated/α-hetero) is 1. The number of hydrogen-bond donors (Lipinski definition) is 3. The first-order valence-electron chi connectivity index (χ1n) is 16.0. The molecule has 0 unspecified atom stereocenters. The minimum Gasteiger partial charge on any atom is -0.507 e. The number of carbonyl (C=O) groups excluding carboxylic acids is 1. The van der Waals surface area contributed by atoms with Crippen molar-refractivity contribution in [1.82, 2.24) is 0 Å². The van der Waals surface area contributed by atoms with Crippen molar-refractivity contribution in [2.45, 2.75) is 68.4 Å². The number of carboxylic acid groups (broad SMARTS) is 1. The van der Waals surface area contributed by atoms with Gasteiger partial charge in [-0.2, -0.15) is 13.2 Å². The van der Waals surface area contributed by atoms with E-state index in [-0.39, 0.29) is 63.2 Å². The Morgan fingerprint density at radius 2 is 1.78 bits per heavy atom. The van der Waals surface area contributed by atoms with Gasteiger partial charge >= 0.3 is 41.7 Å². The van der Waals surface area contributed by atoms with Gasteiger partial charge in [-0.3, -0.25) is 9.59 Å². The number of rotatable bonds is 16. The zero-order valence-electron chi connectivity index (χ0n) is 28.4. The maximum atomic E-state index is 13.8. The van der Waals surface area contributed by atoms with Crippen molar-refractivity contribution in [1.29, 1.82) is 0 Å². The van der Waals surface area contributed by atoms with Crippen LogP contribution in [-0.4, -0.2) is 38.9 Å². The molecule has 4 aromatic rings. The van der Waals surface area contributed by atoms with Crippen LogP contribution in [0.15, 0.2) is 99.1 Å². The fourth-order valence-electron chi connectivity index (χ4n) is 5.29. The van der Waals surface area contributed by atoms with Crippen LogP contribution in [0.25, 0.3) is 11.0 Å². The Morgan fingerprint density at radius 3 is 2.47 bits per heavy atom. The second-order valence-corrected chi connectivity index (χ2v) is 12.7. The van der Waals surface area contributed by atoms with Crippen LogP contribution in [0.5, 0.6) is 11.5 Å². The monoisotopic (exact) mass is 733 g/mol. The molecule has 13 heteroatoms. The summed E-state index contributed by atoms with van der Waals surface area (Å²) in [6.07, 6.45) is 3.97. The van der Waals surface area contributed by atoms with E-state index in [1.165, 1.54) is 37.3 Å². The Morgan fingerprint density at radius 1 is 1.04 bits per heavy atom. The van der Waals surface area contributed by atoms with Crippen LogP contribution in [0, 0.1) is 0 Å². The molecule has 0 saturated carbocycles. The molecule has 0 saturated heterocycles. The number of carboxylic acids is 1. The Hall–Kier alpha value is -3.81.